The summed E-state index contributed by atoms with van der Waals surface area (Å²) in [6, 6.07) is 12.5. The van der Waals surface area contributed by atoms with Gasteiger partial charge in [0.15, 0.2) is 23.0 Å². The fraction of sp³-hybridized carbons (Fsp3) is 0.286. The number of hydrazone groups is 1. The minimum Gasteiger partial charge on any atom is -0.486 e. The van der Waals surface area contributed by atoms with Crippen molar-refractivity contribution in [2.75, 3.05) is 26.4 Å². The number of para-hydroxylation sites is 2. The number of ether oxygens (including phenoxy) is 4. The monoisotopic (exact) mass is 411 g/mol. The molecule has 156 valence electrons. The Morgan fingerprint density at radius 2 is 1.73 bits per heavy atom. The zero-order chi connectivity index (χ0) is 20.9. The van der Waals surface area contributed by atoms with Crippen molar-refractivity contribution in [2.45, 2.75) is 13.0 Å². The normalized spacial score (nSPS) is 17.1. The Morgan fingerprint density at radius 3 is 2.57 bits per heavy atom. The fourth-order valence-corrected chi connectivity index (χ4v) is 2.95. The fourth-order valence-electron chi connectivity index (χ4n) is 2.95. The molecule has 0 aromatic heterocycles. The molecule has 2 aliphatic rings. The van der Waals surface area contributed by atoms with Crippen molar-refractivity contribution in [2.24, 2.45) is 5.10 Å². The molecule has 0 bridgehead atoms. The zero-order valence-electron chi connectivity index (χ0n) is 16.3. The van der Waals surface area contributed by atoms with Gasteiger partial charge in [0.1, 0.15) is 19.8 Å². The maximum atomic E-state index is 12.3. The molecule has 4 rings (SSSR count). The molecule has 0 spiro atoms. The van der Waals surface area contributed by atoms with Crippen molar-refractivity contribution in [3.05, 3.63) is 48.0 Å². The van der Waals surface area contributed by atoms with Gasteiger partial charge in [-0.3, -0.25) is 9.59 Å². The third-order valence-electron chi connectivity index (χ3n) is 4.53. The summed E-state index contributed by atoms with van der Waals surface area (Å²) in [6.07, 6.45) is -0.823. The highest BCUT2D eigenvalue weighted by Crippen LogP contribution is 2.31. The number of carbonyl (C=O) groups excluding carboxylic acids is 2. The van der Waals surface area contributed by atoms with Crippen LogP contribution >= 0.6 is 0 Å². The van der Waals surface area contributed by atoms with Crippen LogP contribution in [0.4, 0.5) is 0 Å². The van der Waals surface area contributed by atoms with Crippen molar-refractivity contribution in [1.29, 1.82) is 0 Å². The van der Waals surface area contributed by atoms with E-state index in [1.807, 2.05) is 12.1 Å². The van der Waals surface area contributed by atoms with Gasteiger partial charge in [0.2, 0.25) is 6.10 Å². The Kier molecular flexibility index (Phi) is 5.69. The maximum absolute atomic E-state index is 12.3. The number of hydrogen-bond donors (Lipinski definition) is 2. The van der Waals surface area contributed by atoms with Crippen molar-refractivity contribution < 1.29 is 28.5 Å². The van der Waals surface area contributed by atoms with E-state index in [4.69, 9.17) is 18.9 Å². The average Bonchev–Trinajstić information content (AvgIpc) is 2.80. The number of nitrogens with one attached hydrogen (secondary N) is 2. The Balaban J connectivity index is 1.27. The molecule has 0 saturated heterocycles. The first-order chi connectivity index (χ1) is 14.6. The van der Waals surface area contributed by atoms with E-state index in [2.05, 4.69) is 15.8 Å². The van der Waals surface area contributed by atoms with Gasteiger partial charge < -0.3 is 24.3 Å². The molecule has 1 atom stereocenters. The lowest BCUT2D eigenvalue weighted by atomic mass is 10.1. The third kappa shape index (κ3) is 4.45. The van der Waals surface area contributed by atoms with Crippen LogP contribution in [0.5, 0.6) is 23.0 Å². The van der Waals surface area contributed by atoms with Crippen LogP contribution in [0, 0.1) is 0 Å². The van der Waals surface area contributed by atoms with Crippen LogP contribution in [-0.2, 0) is 9.59 Å². The summed E-state index contributed by atoms with van der Waals surface area (Å²) in [4.78, 5) is 24.3. The van der Waals surface area contributed by atoms with E-state index >= 15 is 0 Å². The van der Waals surface area contributed by atoms with Gasteiger partial charge in [-0.2, -0.15) is 5.10 Å². The van der Waals surface area contributed by atoms with Crippen LogP contribution in [-0.4, -0.2) is 50.0 Å². The summed E-state index contributed by atoms with van der Waals surface area (Å²) in [7, 11) is 0. The quantitative estimate of drug-likeness (QED) is 0.567. The van der Waals surface area contributed by atoms with Gasteiger partial charge in [-0.15, -0.1) is 0 Å². The van der Waals surface area contributed by atoms with E-state index < -0.39 is 17.9 Å². The predicted octanol–water partition coefficient (Wildman–Crippen LogP) is 1.25. The van der Waals surface area contributed by atoms with Gasteiger partial charge in [0.25, 0.3) is 11.8 Å². The van der Waals surface area contributed by atoms with Crippen molar-refractivity contribution in [1.82, 2.24) is 10.7 Å². The molecule has 30 heavy (non-hydrogen) atoms. The number of hydrogen-bond acceptors (Lipinski definition) is 7. The third-order valence-corrected chi connectivity index (χ3v) is 4.53. The Labute approximate surface area is 173 Å². The number of rotatable bonds is 5. The molecule has 0 aliphatic carbocycles. The first-order valence-corrected chi connectivity index (χ1v) is 9.49. The summed E-state index contributed by atoms with van der Waals surface area (Å²) in [5, 5.41) is 6.60. The van der Waals surface area contributed by atoms with Crippen LogP contribution in [0.3, 0.4) is 0 Å². The largest absolute Gasteiger partial charge is 0.486 e. The second-order valence-corrected chi connectivity index (χ2v) is 6.67. The lowest BCUT2D eigenvalue weighted by molar-refractivity contribution is -0.132. The Bertz CT molecular complexity index is 990. The molecule has 2 N–H and O–H groups in total. The molecule has 9 nitrogen and oxygen atoms in total. The van der Waals surface area contributed by atoms with Gasteiger partial charge in [-0.05, 0) is 37.3 Å². The van der Waals surface area contributed by atoms with E-state index in [0.717, 1.165) is 5.56 Å². The molecular formula is C21H21N3O6. The SMILES string of the molecule is C/C(=N\NC(=O)CNC(=O)C1COc2ccccc2O1)c1ccc2c(c1)OCCO2. The molecule has 0 radical (unpaired) electrons. The highest BCUT2D eigenvalue weighted by Gasteiger charge is 2.27. The topological polar surface area (TPSA) is 107 Å². The van der Waals surface area contributed by atoms with Crippen molar-refractivity contribution in [3.8, 4) is 23.0 Å². The average molecular weight is 411 g/mol. The summed E-state index contributed by atoms with van der Waals surface area (Å²) in [6.45, 7) is 2.61. The predicted molar refractivity (Wildman–Crippen MR) is 107 cm³/mol. The van der Waals surface area contributed by atoms with E-state index in [0.29, 0.717) is 41.9 Å². The maximum Gasteiger partial charge on any atom is 0.265 e. The number of nitrogens with zero attached hydrogens (tertiary/aromatic N) is 1. The molecule has 0 fully saturated rings. The van der Waals surface area contributed by atoms with E-state index in [1.165, 1.54) is 0 Å². The summed E-state index contributed by atoms with van der Waals surface area (Å²) in [5.74, 6) is 1.50. The van der Waals surface area contributed by atoms with Gasteiger partial charge in [0, 0.05) is 5.56 Å². The molecule has 9 heteroatoms. The Morgan fingerprint density at radius 1 is 1.00 bits per heavy atom. The van der Waals surface area contributed by atoms with Crippen molar-refractivity contribution in [3.63, 3.8) is 0 Å². The van der Waals surface area contributed by atoms with E-state index in [-0.39, 0.29) is 13.2 Å². The van der Waals surface area contributed by atoms with Crippen LogP contribution in [0.2, 0.25) is 0 Å². The van der Waals surface area contributed by atoms with Crippen LogP contribution in [0.15, 0.2) is 47.6 Å². The number of fused-ring (bicyclic) bond motifs is 2. The van der Waals surface area contributed by atoms with Gasteiger partial charge in [-0.1, -0.05) is 12.1 Å². The molecule has 2 amide bonds. The smallest absolute Gasteiger partial charge is 0.265 e. The first kappa shape index (κ1) is 19.6. The molecule has 2 aromatic rings. The van der Waals surface area contributed by atoms with Gasteiger partial charge >= 0.3 is 0 Å². The minimum atomic E-state index is -0.823. The Hall–Kier alpha value is -3.75. The summed E-state index contributed by atoms with van der Waals surface area (Å²) < 4.78 is 22.1. The van der Waals surface area contributed by atoms with Crippen molar-refractivity contribution >= 4 is 17.5 Å². The minimum absolute atomic E-state index is 0.0752. The number of amides is 2. The number of carbonyl (C=O) groups is 2. The highest BCUT2D eigenvalue weighted by molar-refractivity contribution is 6.00. The number of benzene rings is 2. The van der Waals surface area contributed by atoms with Gasteiger partial charge in [0.05, 0.1) is 12.3 Å². The molecule has 1 unspecified atom stereocenters. The second-order valence-electron chi connectivity index (χ2n) is 6.67. The summed E-state index contributed by atoms with van der Waals surface area (Å²) >= 11 is 0. The van der Waals surface area contributed by atoms with E-state index in [9.17, 15) is 9.59 Å². The molecule has 2 heterocycles. The first-order valence-electron chi connectivity index (χ1n) is 9.49. The summed E-state index contributed by atoms with van der Waals surface area (Å²) in [5.41, 5.74) is 3.80. The lowest BCUT2D eigenvalue weighted by Gasteiger charge is -2.25. The molecule has 2 aliphatic heterocycles. The highest BCUT2D eigenvalue weighted by atomic mass is 16.6. The van der Waals surface area contributed by atoms with Crippen LogP contribution in [0.25, 0.3) is 0 Å². The molecule has 2 aromatic carbocycles. The standard InChI is InChI=1S/C21H21N3O6/c1-13(14-6-7-16-18(10-14)28-9-8-27-16)23-24-20(25)11-22-21(26)19-12-29-15-4-2-3-5-17(15)30-19/h2-7,10,19H,8-9,11-12H2,1H3,(H,22,26)(H,24,25)/b23-13+. The van der Waals surface area contributed by atoms with Gasteiger partial charge in [-0.25, -0.2) is 5.43 Å². The second kappa shape index (κ2) is 8.73. The molecule has 0 saturated carbocycles. The van der Waals surface area contributed by atoms with Crippen LogP contribution in [0.1, 0.15) is 12.5 Å². The van der Waals surface area contributed by atoms with Crippen LogP contribution < -0.4 is 29.7 Å². The zero-order valence-corrected chi connectivity index (χ0v) is 16.3. The van der Waals surface area contributed by atoms with E-state index in [1.54, 1.807) is 37.3 Å². The lowest BCUT2D eigenvalue weighted by Crippen LogP contribution is -2.46. The molecular weight excluding hydrogens is 390 g/mol.